The van der Waals surface area contributed by atoms with Gasteiger partial charge in [0.15, 0.2) is 0 Å². The average Bonchev–Trinajstić information content (AvgIpc) is 3.11. The van der Waals surface area contributed by atoms with Crippen molar-refractivity contribution in [3.63, 3.8) is 0 Å². The van der Waals surface area contributed by atoms with Crippen molar-refractivity contribution in [2.75, 3.05) is 7.05 Å². The fraction of sp³-hybridized carbons (Fsp3) is 0.400. The number of hydrogen-bond donors (Lipinski definition) is 1. The van der Waals surface area contributed by atoms with Crippen molar-refractivity contribution >= 4 is 11.7 Å². The number of pyridine rings is 1. The number of amides is 1. The van der Waals surface area contributed by atoms with Crippen LogP contribution in [0.15, 0.2) is 12.1 Å². The molecule has 1 aromatic heterocycles. The Bertz CT molecular complexity index is 471. The molecule has 0 unspecified atom stereocenters. The predicted molar refractivity (Wildman–Crippen MR) is 57.9 cm³/mol. The van der Waals surface area contributed by atoms with Crippen molar-refractivity contribution in [1.29, 1.82) is 0 Å². The number of carbonyl (C=O) groups excluding carboxylic acids is 1. The minimum absolute atomic E-state index is 0.0163. The summed E-state index contributed by atoms with van der Waals surface area (Å²) in [4.78, 5) is 25.1. The Labute approximate surface area is 96.9 Å². The second-order valence-corrected chi connectivity index (χ2v) is 3.70. The van der Waals surface area contributed by atoms with Crippen molar-refractivity contribution in [1.82, 2.24) is 10.3 Å². The van der Waals surface area contributed by atoms with Gasteiger partial charge in [-0.1, -0.05) is 0 Å². The summed E-state index contributed by atoms with van der Waals surface area (Å²) < 4.78 is 5.43. The first-order valence-electron chi connectivity index (χ1n) is 5.15. The fourth-order valence-corrected chi connectivity index (χ4v) is 1.28. The molecule has 1 aliphatic rings. The van der Waals surface area contributed by atoms with Crippen LogP contribution in [0.5, 0.6) is 5.75 Å². The molecule has 1 fully saturated rings. The molecular weight excluding hydrogens is 226 g/mol. The monoisotopic (exact) mass is 237 g/mol. The normalized spacial score (nSPS) is 14.2. The summed E-state index contributed by atoms with van der Waals surface area (Å²) in [5.74, 6) is -0.552. The van der Waals surface area contributed by atoms with Gasteiger partial charge in [-0.3, -0.25) is 4.79 Å². The van der Waals surface area contributed by atoms with E-state index < -0.39 is 10.8 Å². The lowest BCUT2D eigenvalue weighted by atomic mass is 10.3. The molecular formula is C10H11N3O4. The second kappa shape index (κ2) is 4.36. The summed E-state index contributed by atoms with van der Waals surface area (Å²) in [6.07, 6.45) is 1.98. The number of nitro groups is 1. The molecule has 1 amide bonds. The van der Waals surface area contributed by atoms with E-state index in [4.69, 9.17) is 4.74 Å². The summed E-state index contributed by atoms with van der Waals surface area (Å²) in [7, 11) is 1.43. The molecule has 1 heterocycles. The topological polar surface area (TPSA) is 94.4 Å². The summed E-state index contributed by atoms with van der Waals surface area (Å²) in [5.41, 5.74) is -0.0163. The summed E-state index contributed by atoms with van der Waals surface area (Å²) in [6, 6.07) is 2.63. The third-order valence-electron chi connectivity index (χ3n) is 2.26. The zero-order chi connectivity index (χ0) is 12.4. The van der Waals surface area contributed by atoms with Gasteiger partial charge in [0, 0.05) is 13.1 Å². The molecule has 0 bridgehead atoms. The van der Waals surface area contributed by atoms with E-state index in [0.717, 1.165) is 12.8 Å². The molecule has 0 atom stereocenters. The zero-order valence-electron chi connectivity index (χ0n) is 9.17. The lowest BCUT2D eigenvalue weighted by Crippen LogP contribution is -2.19. The van der Waals surface area contributed by atoms with Crippen LogP contribution in [0.1, 0.15) is 23.3 Å². The van der Waals surface area contributed by atoms with Crippen molar-refractivity contribution in [3.8, 4) is 5.75 Å². The van der Waals surface area contributed by atoms with Crippen LogP contribution in [0, 0.1) is 10.1 Å². The standard InChI is InChI=1S/C10H11N3O4/c1-11-10(14)8-4-7(17-6-2-3-6)5-9(12-8)13(15)16/h4-6H,2-3H2,1H3,(H,11,14). The van der Waals surface area contributed by atoms with Gasteiger partial charge in [0.05, 0.1) is 12.2 Å². The minimum atomic E-state index is -0.647. The van der Waals surface area contributed by atoms with Gasteiger partial charge in [0.2, 0.25) is 5.69 Å². The Morgan fingerprint density at radius 1 is 1.59 bits per heavy atom. The van der Waals surface area contributed by atoms with Crippen LogP contribution in [0.4, 0.5) is 5.82 Å². The molecule has 1 saturated carbocycles. The van der Waals surface area contributed by atoms with Crippen LogP contribution in [0.3, 0.4) is 0 Å². The molecule has 90 valence electrons. The summed E-state index contributed by atoms with van der Waals surface area (Å²) >= 11 is 0. The van der Waals surface area contributed by atoms with Gasteiger partial charge >= 0.3 is 5.82 Å². The molecule has 0 radical (unpaired) electrons. The van der Waals surface area contributed by atoms with Gasteiger partial charge in [0.25, 0.3) is 5.91 Å². The third kappa shape index (κ3) is 2.68. The molecule has 1 N–H and O–H groups in total. The maximum Gasteiger partial charge on any atom is 0.367 e. The quantitative estimate of drug-likeness (QED) is 0.619. The highest BCUT2D eigenvalue weighted by atomic mass is 16.6. The van der Waals surface area contributed by atoms with Crippen LogP contribution in [-0.4, -0.2) is 29.0 Å². The van der Waals surface area contributed by atoms with E-state index in [1.165, 1.54) is 19.2 Å². The highest BCUT2D eigenvalue weighted by Crippen LogP contribution is 2.28. The van der Waals surface area contributed by atoms with E-state index in [1.54, 1.807) is 0 Å². The molecule has 0 saturated heterocycles. The number of aromatic nitrogens is 1. The lowest BCUT2D eigenvalue weighted by molar-refractivity contribution is -0.389. The van der Waals surface area contributed by atoms with Crippen molar-refractivity contribution in [2.45, 2.75) is 18.9 Å². The van der Waals surface area contributed by atoms with Gasteiger partial charge in [-0.2, -0.15) is 0 Å². The minimum Gasteiger partial charge on any atom is -0.490 e. The van der Waals surface area contributed by atoms with Crippen LogP contribution >= 0.6 is 0 Å². The van der Waals surface area contributed by atoms with Gasteiger partial charge in [-0.15, -0.1) is 0 Å². The van der Waals surface area contributed by atoms with Gasteiger partial charge < -0.3 is 20.2 Å². The van der Waals surface area contributed by atoms with E-state index in [-0.39, 0.29) is 17.6 Å². The van der Waals surface area contributed by atoms with Crippen LogP contribution < -0.4 is 10.1 Å². The molecule has 7 heteroatoms. The largest absolute Gasteiger partial charge is 0.490 e. The smallest absolute Gasteiger partial charge is 0.367 e. The summed E-state index contributed by atoms with van der Waals surface area (Å²) in [5, 5.41) is 13.0. The van der Waals surface area contributed by atoms with E-state index in [1.807, 2.05) is 0 Å². The Kier molecular flexibility index (Phi) is 2.90. The predicted octanol–water partition coefficient (Wildman–Crippen LogP) is 0.891. The number of nitrogens with one attached hydrogen (secondary N) is 1. The Morgan fingerprint density at radius 3 is 2.82 bits per heavy atom. The molecule has 17 heavy (non-hydrogen) atoms. The number of hydrogen-bond acceptors (Lipinski definition) is 5. The van der Waals surface area contributed by atoms with E-state index in [0.29, 0.717) is 5.75 Å². The maximum absolute atomic E-state index is 11.4. The first-order valence-corrected chi connectivity index (χ1v) is 5.15. The highest BCUT2D eigenvalue weighted by Gasteiger charge is 2.26. The number of carbonyl (C=O) groups is 1. The average molecular weight is 237 g/mol. The van der Waals surface area contributed by atoms with Crippen LogP contribution in [-0.2, 0) is 0 Å². The summed E-state index contributed by atoms with van der Waals surface area (Å²) in [6.45, 7) is 0. The zero-order valence-corrected chi connectivity index (χ0v) is 9.17. The molecule has 1 aromatic rings. The van der Waals surface area contributed by atoms with E-state index >= 15 is 0 Å². The molecule has 0 aromatic carbocycles. The Hall–Kier alpha value is -2.18. The van der Waals surface area contributed by atoms with Gasteiger partial charge in [-0.25, -0.2) is 0 Å². The molecule has 7 nitrogen and oxygen atoms in total. The third-order valence-corrected chi connectivity index (χ3v) is 2.26. The Morgan fingerprint density at radius 2 is 2.29 bits per heavy atom. The Balaban J connectivity index is 2.33. The number of nitrogens with zero attached hydrogens (tertiary/aromatic N) is 2. The second-order valence-electron chi connectivity index (χ2n) is 3.70. The highest BCUT2D eigenvalue weighted by molar-refractivity contribution is 5.92. The van der Waals surface area contributed by atoms with E-state index in [2.05, 4.69) is 10.3 Å². The van der Waals surface area contributed by atoms with Gasteiger partial charge in [-0.05, 0) is 22.7 Å². The maximum atomic E-state index is 11.4. The van der Waals surface area contributed by atoms with Gasteiger partial charge in [0.1, 0.15) is 5.75 Å². The fourth-order valence-electron chi connectivity index (χ4n) is 1.28. The molecule has 1 aliphatic carbocycles. The van der Waals surface area contributed by atoms with Crippen molar-refractivity contribution in [2.24, 2.45) is 0 Å². The first kappa shape index (κ1) is 11.3. The van der Waals surface area contributed by atoms with Crippen LogP contribution in [0.2, 0.25) is 0 Å². The van der Waals surface area contributed by atoms with E-state index in [9.17, 15) is 14.9 Å². The molecule has 0 aliphatic heterocycles. The van der Waals surface area contributed by atoms with Crippen molar-refractivity contribution in [3.05, 3.63) is 27.9 Å². The first-order chi connectivity index (χ1) is 8.10. The SMILES string of the molecule is CNC(=O)c1cc(OC2CC2)cc([N+](=O)[O-])n1. The lowest BCUT2D eigenvalue weighted by Gasteiger charge is -2.04. The molecule has 0 spiro atoms. The molecule has 2 rings (SSSR count). The van der Waals surface area contributed by atoms with Crippen molar-refractivity contribution < 1.29 is 14.5 Å². The number of rotatable bonds is 4. The van der Waals surface area contributed by atoms with Crippen LogP contribution in [0.25, 0.3) is 0 Å². The number of ether oxygens (including phenoxy) is 1.